The molecule has 0 spiro atoms. The largest absolute Gasteiger partial charge is 0.462 e. The van der Waals surface area contributed by atoms with E-state index in [0.29, 0.717) is 23.8 Å². The van der Waals surface area contributed by atoms with Crippen LogP contribution >= 0.6 is 11.8 Å². The number of aliphatic imine (C=N–C) groups is 1. The number of carbonyl (C=O) groups is 1. The number of aryl methyl sites for hydroxylation is 1. The third-order valence-electron chi connectivity index (χ3n) is 2.53. The first kappa shape index (κ1) is 13.0. The van der Waals surface area contributed by atoms with Crippen LogP contribution in [0.5, 0.6) is 0 Å². The number of amidine groups is 1. The van der Waals surface area contributed by atoms with E-state index < -0.39 is 0 Å². The molecule has 1 amide bonds. The molecule has 2 heterocycles. The third kappa shape index (κ3) is 2.51. The lowest BCUT2D eigenvalue weighted by Crippen LogP contribution is -2.28. The summed E-state index contributed by atoms with van der Waals surface area (Å²) in [6.45, 7) is 7.11. The van der Waals surface area contributed by atoms with E-state index in [-0.39, 0.29) is 5.91 Å². The maximum absolute atomic E-state index is 12.1. The fourth-order valence-electron chi connectivity index (χ4n) is 1.70. The Labute approximate surface area is 111 Å². The summed E-state index contributed by atoms with van der Waals surface area (Å²) in [6, 6.07) is 3.75. The maximum atomic E-state index is 12.1. The summed E-state index contributed by atoms with van der Waals surface area (Å²) in [4.78, 5) is 18.8. The van der Waals surface area contributed by atoms with Crippen molar-refractivity contribution in [2.24, 2.45) is 4.99 Å². The normalized spacial score (nSPS) is 20.4. The second kappa shape index (κ2) is 5.44. The molecule has 4 nitrogen and oxygen atoms in total. The highest BCUT2D eigenvalue weighted by Crippen LogP contribution is 2.32. The number of amides is 1. The molecule has 1 aliphatic rings. The number of likely N-dealkylation sites (N-methyl/N-ethyl adjacent to an activating group) is 1. The van der Waals surface area contributed by atoms with Crippen molar-refractivity contribution in [1.82, 2.24) is 4.90 Å². The van der Waals surface area contributed by atoms with Crippen LogP contribution in [-0.2, 0) is 4.79 Å². The van der Waals surface area contributed by atoms with Crippen LogP contribution in [0.4, 0.5) is 0 Å². The van der Waals surface area contributed by atoms with Gasteiger partial charge < -0.3 is 4.42 Å². The van der Waals surface area contributed by atoms with Crippen LogP contribution in [-0.4, -0.2) is 29.1 Å². The molecule has 0 saturated carbocycles. The third-order valence-corrected chi connectivity index (χ3v) is 3.58. The van der Waals surface area contributed by atoms with Crippen molar-refractivity contribution < 1.29 is 9.21 Å². The fraction of sp³-hybridized carbons (Fsp3) is 0.385. The molecule has 18 heavy (non-hydrogen) atoms. The summed E-state index contributed by atoms with van der Waals surface area (Å²) < 4.78 is 5.46. The Balaban J connectivity index is 2.28. The van der Waals surface area contributed by atoms with Crippen LogP contribution in [0.15, 0.2) is 26.4 Å². The monoisotopic (exact) mass is 264 g/mol. The standard InChI is InChI=1S/C13H16N2O2S/c1-4-14-13-15(5-2)12(16)11(18-13)8-10-7-6-9(3)17-10/h6-8H,4-5H2,1-3H3. The summed E-state index contributed by atoms with van der Waals surface area (Å²) in [5, 5.41) is 0.777. The van der Waals surface area contributed by atoms with E-state index in [1.54, 1.807) is 11.0 Å². The summed E-state index contributed by atoms with van der Waals surface area (Å²) in [6.07, 6.45) is 1.78. The number of hydrogen-bond acceptors (Lipinski definition) is 4. The fourth-order valence-corrected chi connectivity index (χ4v) is 2.79. The van der Waals surface area contributed by atoms with Gasteiger partial charge in [-0.3, -0.25) is 14.7 Å². The van der Waals surface area contributed by atoms with E-state index in [0.717, 1.165) is 10.9 Å². The highest BCUT2D eigenvalue weighted by Gasteiger charge is 2.31. The zero-order valence-electron chi connectivity index (χ0n) is 10.8. The van der Waals surface area contributed by atoms with Crippen molar-refractivity contribution in [3.63, 3.8) is 0 Å². The predicted molar refractivity (Wildman–Crippen MR) is 74.4 cm³/mol. The zero-order valence-corrected chi connectivity index (χ0v) is 11.6. The summed E-state index contributed by atoms with van der Waals surface area (Å²) >= 11 is 1.41. The van der Waals surface area contributed by atoms with E-state index in [1.807, 2.05) is 32.9 Å². The summed E-state index contributed by atoms with van der Waals surface area (Å²) in [5.41, 5.74) is 0. The molecule has 0 radical (unpaired) electrons. The SMILES string of the molecule is CCN=C1SC(=Cc2ccc(C)o2)C(=O)N1CC. The van der Waals surface area contributed by atoms with Crippen LogP contribution in [0.2, 0.25) is 0 Å². The Morgan fingerprint density at radius 1 is 1.44 bits per heavy atom. The van der Waals surface area contributed by atoms with Crippen molar-refractivity contribution >= 4 is 28.9 Å². The first-order valence-electron chi connectivity index (χ1n) is 5.98. The molecule has 5 heteroatoms. The average Bonchev–Trinajstić information content (AvgIpc) is 2.86. The predicted octanol–water partition coefficient (Wildman–Crippen LogP) is 2.90. The molecule has 0 aliphatic carbocycles. The quantitative estimate of drug-likeness (QED) is 0.789. The van der Waals surface area contributed by atoms with Gasteiger partial charge in [0.1, 0.15) is 11.5 Å². The van der Waals surface area contributed by atoms with Gasteiger partial charge in [-0.2, -0.15) is 0 Å². The van der Waals surface area contributed by atoms with E-state index >= 15 is 0 Å². The van der Waals surface area contributed by atoms with Crippen LogP contribution in [0, 0.1) is 6.92 Å². The molecule has 0 unspecified atom stereocenters. The first-order valence-corrected chi connectivity index (χ1v) is 6.79. The highest BCUT2D eigenvalue weighted by atomic mass is 32.2. The molecule has 0 N–H and O–H groups in total. The molecule has 0 atom stereocenters. The molecule has 1 saturated heterocycles. The summed E-state index contributed by atoms with van der Waals surface area (Å²) in [5.74, 6) is 1.55. The van der Waals surface area contributed by atoms with Crippen LogP contribution < -0.4 is 0 Å². The van der Waals surface area contributed by atoms with Crippen LogP contribution in [0.1, 0.15) is 25.4 Å². The average molecular weight is 264 g/mol. The van der Waals surface area contributed by atoms with E-state index in [4.69, 9.17) is 4.42 Å². The molecule has 0 aromatic carbocycles. The molecule has 2 rings (SSSR count). The number of nitrogens with zero attached hydrogens (tertiary/aromatic N) is 2. The van der Waals surface area contributed by atoms with E-state index in [1.165, 1.54) is 11.8 Å². The van der Waals surface area contributed by atoms with Gasteiger partial charge in [0.2, 0.25) is 0 Å². The zero-order chi connectivity index (χ0) is 13.1. The van der Waals surface area contributed by atoms with Gasteiger partial charge in [0.05, 0.1) is 4.91 Å². The van der Waals surface area contributed by atoms with Gasteiger partial charge in [0, 0.05) is 19.2 Å². The van der Waals surface area contributed by atoms with Gasteiger partial charge in [-0.1, -0.05) is 0 Å². The molecule has 1 aliphatic heterocycles. The Hall–Kier alpha value is -1.49. The number of furan rings is 1. The van der Waals surface area contributed by atoms with E-state index in [2.05, 4.69) is 4.99 Å². The van der Waals surface area contributed by atoms with Crippen LogP contribution in [0.3, 0.4) is 0 Å². The Kier molecular flexibility index (Phi) is 3.91. The molecular formula is C13H16N2O2S. The lowest BCUT2D eigenvalue weighted by molar-refractivity contribution is -0.122. The molecule has 0 bridgehead atoms. The maximum Gasteiger partial charge on any atom is 0.266 e. The van der Waals surface area contributed by atoms with Gasteiger partial charge in [-0.15, -0.1) is 0 Å². The number of hydrogen-bond donors (Lipinski definition) is 0. The van der Waals surface area contributed by atoms with Crippen molar-refractivity contribution in [3.05, 3.63) is 28.6 Å². The Morgan fingerprint density at radius 2 is 2.22 bits per heavy atom. The molecule has 1 aromatic rings. The second-order valence-corrected chi connectivity index (χ2v) is 4.87. The lowest BCUT2D eigenvalue weighted by atomic mass is 10.3. The smallest absolute Gasteiger partial charge is 0.266 e. The summed E-state index contributed by atoms with van der Waals surface area (Å²) in [7, 11) is 0. The van der Waals surface area contributed by atoms with Crippen molar-refractivity contribution in [2.45, 2.75) is 20.8 Å². The topological polar surface area (TPSA) is 45.8 Å². The Bertz CT molecular complexity index is 517. The molecule has 1 aromatic heterocycles. The number of rotatable bonds is 3. The minimum Gasteiger partial charge on any atom is -0.462 e. The van der Waals surface area contributed by atoms with Gasteiger partial charge >= 0.3 is 0 Å². The first-order chi connectivity index (χ1) is 8.65. The number of thioether (sulfide) groups is 1. The molecule has 96 valence electrons. The Morgan fingerprint density at radius 3 is 2.78 bits per heavy atom. The van der Waals surface area contributed by atoms with E-state index in [9.17, 15) is 4.79 Å². The van der Waals surface area contributed by atoms with Gasteiger partial charge in [0.25, 0.3) is 5.91 Å². The van der Waals surface area contributed by atoms with Gasteiger partial charge in [-0.25, -0.2) is 0 Å². The number of carbonyl (C=O) groups excluding carboxylic acids is 1. The van der Waals surface area contributed by atoms with Crippen LogP contribution in [0.25, 0.3) is 6.08 Å². The van der Waals surface area contributed by atoms with Crippen molar-refractivity contribution in [1.29, 1.82) is 0 Å². The highest BCUT2D eigenvalue weighted by molar-refractivity contribution is 8.18. The lowest BCUT2D eigenvalue weighted by Gasteiger charge is -2.11. The molecular weight excluding hydrogens is 248 g/mol. The van der Waals surface area contributed by atoms with Gasteiger partial charge in [0.15, 0.2) is 5.17 Å². The second-order valence-electron chi connectivity index (χ2n) is 3.87. The minimum atomic E-state index is 0.00348. The minimum absolute atomic E-state index is 0.00348. The molecule has 1 fully saturated rings. The van der Waals surface area contributed by atoms with Gasteiger partial charge in [-0.05, 0) is 44.7 Å². The van der Waals surface area contributed by atoms with Crippen molar-refractivity contribution in [3.8, 4) is 0 Å². The van der Waals surface area contributed by atoms with Crippen molar-refractivity contribution in [2.75, 3.05) is 13.1 Å².